The number of hydrogen-bond donors (Lipinski definition) is 0. The SMILES string of the molecule is COc1c(F)c(F)c2c(OC)c(F)c(F)c(F)c2c1F. The Hall–Kier alpha value is -2.12. The topological polar surface area (TPSA) is 18.5 Å². The van der Waals surface area contributed by atoms with E-state index in [1.54, 1.807) is 0 Å². The van der Waals surface area contributed by atoms with Crippen molar-refractivity contribution in [2.24, 2.45) is 0 Å². The molecule has 2 aromatic rings. The van der Waals surface area contributed by atoms with Crippen molar-refractivity contribution in [2.75, 3.05) is 14.2 Å². The fourth-order valence-corrected chi connectivity index (χ4v) is 1.84. The quantitative estimate of drug-likeness (QED) is 0.478. The van der Waals surface area contributed by atoms with Gasteiger partial charge in [0.2, 0.25) is 11.6 Å². The molecule has 0 amide bonds. The first-order chi connectivity index (χ1) is 9.36. The molecule has 2 rings (SSSR count). The van der Waals surface area contributed by atoms with Gasteiger partial charge in [-0.25, -0.2) is 17.6 Å². The first-order valence-electron chi connectivity index (χ1n) is 5.11. The molecule has 0 bridgehead atoms. The van der Waals surface area contributed by atoms with Gasteiger partial charge in [0.05, 0.1) is 25.0 Å². The van der Waals surface area contributed by atoms with Gasteiger partial charge in [0.1, 0.15) is 0 Å². The minimum absolute atomic E-state index is 0.807. The van der Waals surface area contributed by atoms with Crippen molar-refractivity contribution in [3.63, 3.8) is 0 Å². The number of benzene rings is 2. The van der Waals surface area contributed by atoms with Gasteiger partial charge in [-0.1, -0.05) is 0 Å². The van der Waals surface area contributed by atoms with Crippen LogP contribution in [0.4, 0.5) is 26.3 Å². The second kappa shape index (κ2) is 4.77. The summed E-state index contributed by atoms with van der Waals surface area (Å²) in [6, 6.07) is 0. The van der Waals surface area contributed by atoms with Crippen LogP contribution >= 0.6 is 0 Å². The van der Waals surface area contributed by atoms with Crippen LogP contribution in [0.2, 0.25) is 0 Å². The Balaban J connectivity index is 3.18. The molecule has 0 heterocycles. The molecule has 0 unspecified atom stereocenters. The van der Waals surface area contributed by atoms with E-state index in [0.29, 0.717) is 0 Å². The van der Waals surface area contributed by atoms with E-state index in [9.17, 15) is 26.3 Å². The van der Waals surface area contributed by atoms with Crippen molar-refractivity contribution in [3.8, 4) is 11.5 Å². The summed E-state index contributed by atoms with van der Waals surface area (Å²) in [5, 5.41) is -2.48. The first kappa shape index (κ1) is 14.3. The maximum absolute atomic E-state index is 13.9. The Morgan fingerprint density at radius 1 is 0.500 bits per heavy atom. The van der Waals surface area contributed by atoms with E-state index in [2.05, 4.69) is 9.47 Å². The monoisotopic (exact) mass is 296 g/mol. The Morgan fingerprint density at radius 2 is 0.950 bits per heavy atom. The summed E-state index contributed by atoms with van der Waals surface area (Å²) in [6.07, 6.45) is 0. The summed E-state index contributed by atoms with van der Waals surface area (Å²) in [4.78, 5) is 0. The predicted molar refractivity (Wildman–Crippen MR) is 56.8 cm³/mol. The molecule has 0 fully saturated rings. The van der Waals surface area contributed by atoms with E-state index in [1.165, 1.54) is 0 Å². The highest BCUT2D eigenvalue weighted by Gasteiger charge is 2.31. The maximum Gasteiger partial charge on any atom is 0.204 e. The number of ether oxygens (including phenoxy) is 2. The molecule has 0 aromatic heterocycles. The lowest BCUT2D eigenvalue weighted by atomic mass is 10.1. The summed E-state index contributed by atoms with van der Waals surface area (Å²) in [5.74, 6) is -13.7. The zero-order chi connectivity index (χ0) is 15.2. The van der Waals surface area contributed by atoms with Crippen LogP contribution in [0.5, 0.6) is 11.5 Å². The van der Waals surface area contributed by atoms with E-state index < -0.39 is 57.2 Å². The Kier molecular flexibility index (Phi) is 3.41. The van der Waals surface area contributed by atoms with Crippen molar-refractivity contribution in [3.05, 3.63) is 34.9 Å². The first-order valence-corrected chi connectivity index (χ1v) is 5.11. The molecule has 20 heavy (non-hydrogen) atoms. The van der Waals surface area contributed by atoms with Crippen LogP contribution in [0.1, 0.15) is 0 Å². The van der Waals surface area contributed by atoms with Gasteiger partial charge in [-0.05, 0) is 0 Å². The lowest BCUT2D eigenvalue weighted by Gasteiger charge is -2.13. The van der Waals surface area contributed by atoms with Crippen LogP contribution in [0.25, 0.3) is 10.8 Å². The van der Waals surface area contributed by atoms with E-state index in [-0.39, 0.29) is 0 Å². The smallest absolute Gasteiger partial charge is 0.204 e. The van der Waals surface area contributed by atoms with Crippen molar-refractivity contribution in [1.29, 1.82) is 0 Å². The van der Waals surface area contributed by atoms with Gasteiger partial charge in [-0.2, -0.15) is 8.78 Å². The predicted octanol–water partition coefficient (Wildman–Crippen LogP) is 3.69. The highest BCUT2D eigenvalue weighted by Crippen LogP contribution is 2.41. The molecule has 2 nitrogen and oxygen atoms in total. The normalized spacial score (nSPS) is 11.0. The number of fused-ring (bicyclic) bond motifs is 1. The summed E-state index contributed by atoms with van der Waals surface area (Å²) < 4.78 is 90.2. The van der Waals surface area contributed by atoms with E-state index in [1.807, 2.05) is 0 Å². The third-order valence-corrected chi connectivity index (χ3v) is 2.72. The lowest BCUT2D eigenvalue weighted by molar-refractivity contribution is 0.343. The fourth-order valence-electron chi connectivity index (χ4n) is 1.84. The molecule has 0 saturated heterocycles. The number of rotatable bonds is 2. The van der Waals surface area contributed by atoms with Gasteiger partial charge in [0.25, 0.3) is 0 Å². The second-order valence-corrected chi connectivity index (χ2v) is 3.70. The lowest BCUT2D eigenvalue weighted by Crippen LogP contribution is -2.05. The zero-order valence-corrected chi connectivity index (χ0v) is 10.1. The van der Waals surface area contributed by atoms with Crippen LogP contribution in [-0.4, -0.2) is 14.2 Å². The average molecular weight is 296 g/mol. The standard InChI is InChI=1S/C12H6F6O2/c1-19-11-4-3(5(13)8(16)10(11)18)7(15)12(20-2)9(17)6(4)14/h1-2H3. The Morgan fingerprint density at radius 3 is 1.45 bits per heavy atom. The van der Waals surface area contributed by atoms with Crippen LogP contribution < -0.4 is 9.47 Å². The molecule has 0 saturated carbocycles. The molecular formula is C12H6F6O2. The van der Waals surface area contributed by atoms with Crippen LogP contribution in [0.3, 0.4) is 0 Å². The van der Waals surface area contributed by atoms with Gasteiger partial charge < -0.3 is 9.47 Å². The molecule has 0 atom stereocenters. The number of halogens is 6. The second-order valence-electron chi connectivity index (χ2n) is 3.70. The molecule has 0 N–H and O–H groups in total. The van der Waals surface area contributed by atoms with Gasteiger partial charge in [-0.15, -0.1) is 0 Å². The van der Waals surface area contributed by atoms with E-state index in [0.717, 1.165) is 14.2 Å². The summed E-state index contributed by atoms with van der Waals surface area (Å²) in [7, 11) is 1.62. The molecule has 0 aliphatic rings. The van der Waals surface area contributed by atoms with Crippen molar-refractivity contribution >= 4 is 10.8 Å². The molecule has 108 valence electrons. The Bertz CT molecular complexity index is 714. The van der Waals surface area contributed by atoms with Gasteiger partial charge in [-0.3, -0.25) is 0 Å². The summed E-state index contributed by atoms with van der Waals surface area (Å²) >= 11 is 0. The minimum Gasteiger partial charge on any atom is -0.493 e. The molecular weight excluding hydrogens is 290 g/mol. The van der Waals surface area contributed by atoms with Crippen LogP contribution in [0, 0.1) is 34.9 Å². The fraction of sp³-hybridized carbons (Fsp3) is 0.167. The third-order valence-electron chi connectivity index (χ3n) is 2.72. The number of hydrogen-bond acceptors (Lipinski definition) is 2. The average Bonchev–Trinajstić information content (AvgIpc) is 2.42. The largest absolute Gasteiger partial charge is 0.493 e. The maximum atomic E-state index is 13.9. The highest BCUT2D eigenvalue weighted by molar-refractivity contribution is 5.91. The number of methoxy groups -OCH3 is 2. The highest BCUT2D eigenvalue weighted by atomic mass is 19.2. The third kappa shape index (κ3) is 1.67. The molecule has 2 aromatic carbocycles. The molecule has 0 spiro atoms. The van der Waals surface area contributed by atoms with Gasteiger partial charge in [0, 0.05) is 0 Å². The minimum atomic E-state index is -2.07. The zero-order valence-electron chi connectivity index (χ0n) is 10.1. The van der Waals surface area contributed by atoms with Crippen molar-refractivity contribution < 1.29 is 35.8 Å². The van der Waals surface area contributed by atoms with Gasteiger partial charge >= 0.3 is 0 Å². The van der Waals surface area contributed by atoms with Crippen LogP contribution in [0.15, 0.2) is 0 Å². The van der Waals surface area contributed by atoms with Gasteiger partial charge in [0.15, 0.2) is 34.8 Å². The molecule has 0 aliphatic heterocycles. The summed E-state index contributed by atoms with van der Waals surface area (Å²) in [6.45, 7) is 0. The van der Waals surface area contributed by atoms with Crippen molar-refractivity contribution in [2.45, 2.75) is 0 Å². The Labute approximate surface area is 108 Å². The van der Waals surface area contributed by atoms with E-state index >= 15 is 0 Å². The summed E-state index contributed by atoms with van der Waals surface area (Å²) in [5.41, 5.74) is 0. The molecule has 0 radical (unpaired) electrons. The molecule has 0 aliphatic carbocycles. The molecule has 8 heteroatoms. The van der Waals surface area contributed by atoms with Crippen LogP contribution in [-0.2, 0) is 0 Å². The van der Waals surface area contributed by atoms with Crippen molar-refractivity contribution in [1.82, 2.24) is 0 Å². The van der Waals surface area contributed by atoms with E-state index in [4.69, 9.17) is 0 Å².